The molecule has 0 aliphatic carbocycles. The highest BCUT2D eigenvalue weighted by molar-refractivity contribution is 6.32. The Labute approximate surface area is 181 Å². The highest BCUT2D eigenvalue weighted by Gasteiger charge is 2.20. The Hall–Kier alpha value is -3.11. The van der Waals surface area contributed by atoms with Crippen molar-refractivity contribution in [1.29, 1.82) is 0 Å². The minimum Gasteiger partial charge on any atom is -0.456 e. The number of benzene rings is 3. The highest BCUT2D eigenvalue weighted by Crippen LogP contribution is 2.26. The number of carbonyl (C=O) groups is 1. The van der Waals surface area contributed by atoms with Gasteiger partial charge in [0.2, 0.25) is 0 Å². The predicted molar refractivity (Wildman–Crippen MR) is 122 cm³/mol. The fourth-order valence-corrected chi connectivity index (χ4v) is 2.96. The van der Waals surface area contributed by atoms with Gasteiger partial charge in [0, 0.05) is 10.7 Å². The summed E-state index contributed by atoms with van der Waals surface area (Å²) in [4.78, 5) is 12.7. The van der Waals surface area contributed by atoms with Crippen molar-refractivity contribution >= 4 is 41.1 Å². The molecule has 0 aromatic heterocycles. The molecule has 0 aliphatic rings. The van der Waals surface area contributed by atoms with Crippen LogP contribution in [-0.4, -0.2) is 11.6 Å². The highest BCUT2D eigenvalue weighted by atomic mass is 35.5. The molecule has 1 N–H and O–H groups in total. The van der Waals surface area contributed by atoms with Crippen molar-refractivity contribution in [3.8, 4) is 0 Å². The van der Waals surface area contributed by atoms with E-state index in [1.165, 1.54) is 12.1 Å². The molecule has 3 aromatic rings. The first-order chi connectivity index (χ1) is 14.2. The van der Waals surface area contributed by atoms with Gasteiger partial charge in [-0.2, -0.15) is 0 Å². The van der Waals surface area contributed by atoms with E-state index in [1.54, 1.807) is 18.2 Å². The van der Waals surface area contributed by atoms with E-state index in [4.69, 9.17) is 16.3 Å². The lowest BCUT2D eigenvalue weighted by Crippen LogP contribution is -2.24. The molecular formula is C25H23ClFNO2. The van der Waals surface area contributed by atoms with Crippen molar-refractivity contribution in [3.05, 3.63) is 94.3 Å². The first kappa shape index (κ1) is 21.6. The molecule has 0 spiro atoms. The molecule has 0 radical (unpaired) electrons. The third-order valence-electron chi connectivity index (χ3n) is 4.15. The normalized spacial score (nSPS) is 11.5. The molecule has 0 unspecified atom stereocenters. The summed E-state index contributed by atoms with van der Waals surface area (Å²) in [5.74, 6) is -0.766. The van der Waals surface area contributed by atoms with Gasteiger partial charge in [0.15, 0.2) is 0 Å². The van der Waals surface area contributed by atoms with Crippen LogP contribution in [-0.2, 0) is 4.74 Å². The number of esters is 1. The number of ether oxygens (including phenoxy) is 1. The summed E-state index contributed by atoms with van der Waals surface area (Å²) in [5, 5.41) is 3.85. The molecule has 3 rings (SSSR count). The Morgan fingerprint density at radius 2 is 1.70 bits per heavy atom. The lowest BCUT2D eigenvalue weighted by atomic mass is 10.1. The van der Waals surface area contributed by atoms with Crippen LogP contribution in [0.4, 0.5) is 15.8 Å². The van der Waals surface area contributed by atoms with Crippen LogP contribution in [0.25, 0.3) is 12.2 Å². The first-order valence-corrected chi connectivity index (χ1v) is 9.92. The van der Waals surface area contributed by atoms with Gasteiger partial charge in [-0.15, -0.1) is 0 Å². The molecule has 0 heterocycles. The van der Waals surface area contributed by atoms with E-state index in [2.05, 4.69) is 5.32 Å². The second kappa shape index (κ2) is 9.14. The summed E-state index contributed by atoms with van der Waals surface area (Å²) < 4.78 is 18.8. The molecule has 0 amide bonds. The summed E-state index contributed by atoms with van der Waals surface area (Å²) in [7, 11) is 0. The maximum atomic E-state index is 13.3. The average molecular weight is 424 g/mol. The number of nitrogens with one attached hydrogen (secondary N) is 1. The fraction of sp³-hybridized carbons (Fsp3) is 0.160. The molecule has 0 saturated carbocycles. The van der Waals surface area contributed by atoms with E-state index in [-0.39, 0.29) is 5.82 Å². The van der Waals surface area contributed by atoms with Gasteiger partial charge in [0.05, 0.1) is 11.3 Å². The zero-order valence-electron chi connectivity index (χ0n) is 17.1. The van der Waals surface area contributed by atoms with Crippen LogP contribution in [0.1, 0.15) is 42.3 Å². The van der Waals surface area contributed by atoms with Crippen molar-refractivity contribution in [2.75, 3.05) is 5.32 Å². The molecule has 0 fully saturated rings. The fourth-order valence-electron chi connectivity index (χ4n) is 2.77. The van der Waals surface area contributed by atoms with Crippen LogP contribution in [0.2, 0.25) is 5.02 Å². The largest absolute Gasteiger partial charge is 0.456 e. The van der Waals surface area contributed by atoms with Crippen LogP contribution in [0.15, 0.2) is 66.7 Å². The van der Waals surface area contributed by atoms with Gasteiger partial charge in [-0.3, -0.25) is 0 Å². The Morgan fingerprint density at radius 3 is 2.37 bits per heavy atom. The summed E-state index contributed by atoms with van der Waals surface area (Å²) >= 11 is 6.21. The maximum absolute atomic E-state index is 13.3. The zero-order valence-corrected chi connectivity index (χ0v) is 17.8. The Kier molecular flexibility index (Phi) is 6.58. The lowest BCUT2D eigenvalue weighted by molar-refractivity contribution is 0.00707. The van der Waals surface area contributed by atoms with Gasteiger partial charge in [-0.1, -0.05) is 48.0 Å². The number of hydrogen-bond acceptors (Lipinski definition) is 3. The Balaban J connectivity index is 1.95. The van der Waals surface area contributed by atoms with E-state index in [0.717, 1.165) is 11.1 Å². The molecule has 30 heavy (non-hydrogen) atoms. The Bertz CT molecular complexity index is 1070. The van der Waals surface area contributed by atoms with Crippen molar-refractivity contribution in [3.63, 3.8) is 0 Å². The van der Waals surface area contributed by atoms with Gasteiger partial charge in [0.1, 0.15) is 11.4 Å². The second-order valence-corrected chi connectivity index (χ2v) is 8.20. The third kappa shape index (κ3) is 5.94. The van der Waals surface area contributed by atoms with Crippen molar-refractivity contribution in [2.24, 2.45) is 0 Å². The molecule has 3 aromatic carbocycles. The van der Waals surface area contributed by atoms with Gasteiger partial charge in [-0.05, 0) is 74.4 Å². The van der Waals surface area contributed by atoms with Crippen LogP contribution in [0.3, 0.4) is 0 Å². The minimum atomic E-state index is -0.618. The minimum absolute atomic E-state index is 0.329. The molecule has 0 bridgehead atoms. The van der Waals surface area contributed by atoms with E-state index in [1.807, 2.05) is 69.3 Å². The summed E-state index contributed by atoms with van der Waals surface area (Å²) in [6.07, 6.45) is 3.82. The maximum Gasteiger partial charge on any atom is 0.340 e. The summed E-state index contributed by atoms with van der Waals surface area (Å²) in [6, 6.07) is 18.9. The topological polar surface area (TPSA) is 38.3 Å². The van der Waals surface area contributed by atoms with E-state index in [0.29, 0.717) is 22.0 Å². The molecule has 0 aliphatic heterocycles. The quantitative estimate of drug-likeness (QED) is 0.344. The van der Waals surface area contributed by atoms with Gasteiger partial charge in [-0.25, -0.2) is 9.18 Å². The van der Waals surface area contributed by atoms with E-state index >= 15 is 0 Å². The zero-order chi connectivity index (χ0) is 21.7. The summed E-state index contributed by atoms with van der Waals surface area (Å²) in [5.41, 5.74) is 2.76. The number of rotatable bonds is 5. The van der Waals surface area contributed by atoms with E-state index < -0.39 is 11.6 Å². The van der Waals surface area contributed by atoms with Gasteiger partial charge < -0.3 is 10.1 Å². The lowest BCUT2D eigenvalue weighted by Gasteiger charge is -2.21. The molecule has 0 saturated heterocycles. The molecule has 5 heteroatoms. The van der Waals surface area contributed by atoms with Gasteiger partial charge >= 0.3 is 5.97 Å². The summed E-state index contributed by atoms with van der Waals surface area (Å²) in [6.45, 7) is 5.45. The van der Waals surface area contributed by atoms with Crippen molar-refractivity contribution in [2.45, 2.75) is 26.4 Å². The standard InChI is InChI=1S/C25H23ClFNO2/c1-25(2,3)30-24(29)21-15-9-17(8-10-18-6-4-5-7-22(18)26)16-23(21)28-20-13-11-19(27)12-14-20/h4-16,28H,1-3H3. The smallest absolute Gasteiger partial charge is 0.340 e. The first-order valence-electron chi connectivity index (χ1n) is 9.54. The molecule has 0 atom stereocenters. The number of halogens is 2. The number of carbonyl (C=O) groups excluding carboxylic acids is 1. The van der Waals surface area contributed by atoms with Crippen LogP contribution in [0, 0.1) is 5.82 Å². The monoisotopic (exact) mass is 423 g/mol. The predicted octanol–water partition coefficient (Wildman–Crippen LogP) is 7.35. The van der Waals surface area contributed by atoms with Crippen molar-refractivity contribution < 1.29 is 13.9 Å². The van der Waals surface area contributed by atoms with Crippen LogP contribution < -0.4 is 5.32 Å². The van der Waals surface area contributed by atoms with Gasteiger partial charge in [0.25, 0.3) is 0 Å². The number of hydrogen-bond donors (Lipinski definition) is 1. The number of anilines is 2. The third-order valence-corrected chi connectivity index (χ3v) is 4.49. The van der Waals surface area contributed by atoms with Crippen LogP contribution >= 0.6 is 11.6 Å². The second-order valence-electron chi connectivity index (χ2n) is 7.79. The van der Waals surface area contributed by atoms with Crippen molar-refractivity contribution in [1.82, 2.24) is 0 Å². The SMILES string of the molecule is CC(C)(C)OC(=O)c1ccc(C=Cc2ccccc2Cl)cc1Nc1ccc(F)cc1. The Morgan fingerprint density at radius 1 is 1.00 bits per heavy atom. The van der Waals surface area contributed by atoms with Crippen LogP contribution in [0.5, 0.6) is 0 Å². The molecule has 154 valence electrons. The molecular weight excluding hydrogens is 401 g/mol. The molecule has 3 nitrogen and oxygen atoms in total. The average Bonchev–Trinajstić information content (AvgIpc) is 2.68. The van der Waals surface area contributed by atoms with E-state index in [9.17, 15) is 9.18 Å².